The maximum Gasteiger partial charge on any atom is 0.416 e. The van der Waals surface area contributed by atoms with Gasteiger partial charge in [0.1, 0.15) is 11.7 Å². The molecule has 1 heterocycles. The van der Waals surface area contributed by atoms with E-state index < -0.39 is 17.4 Å². The van der Waals surface area contributed by atoms with Crippen LogP contribution in [0.1, 0.15) is 43.2 Å². The van der Waals surface area contributed by atoms with Crippen LogP contribution in [0.2, 0.25) is 5.02 Å². The summed E-state index contributed by atoms with van der Waals surface area (Å²) in [6.07, 6.45) is -0.812. The minimum atomic E-state index is -4.62. The number of hydrogen-bond donors (Lipinski definition) is 2. The predicted molar refractivity (Wildman–Crippen MR) is 92.7 cm³/mol. The maximum absolute atomic E-state index is 13.1. The van der Waals surface area contributed by atoms with E-state index in [0.717, 1.165) is 31.4 Å². The van der Waals surface area contributed by atoms with Gasteiger partial charge in [-0.25, -0.2) is 4.99 Å². The van der Waals surface area contributed by atoms with Gasteiger partial charge < -0.3 is 11.5 Å². The van der Waals surface area contributed by atoms with Gasteiger partial charge in [0.05, 0.1) is 21.8 Å². The fraction of sp³-hybridized carbons (Fsp3) is 0.438. The van der Waals surface area contributed by atoms with E-state index in [4.69, 9.17) is 23.1 Å². The van der Waals surface area contributed by atoms with Crippen molar-refractivity contribution in [3.8, 4) is 6.07 Å². The molecule has 4 N–H and O–H groups in total. The molecule has 2 aliphatic rings. The van der Waals surface area contributed by atoms with E-state index in [-0.39, 0.29) is 28.2 Å². The van der Waals surface area contributed by atoms with E-state index in [9.17, 15) is 18.4 Å². The summed E-state index contributed by atoms with van der Waals surface area (Å²) >= 11 is 6.17. The minimum absolute atomic E-state index is 0.00203. The van der Waals surface area contributed by atoms with Crippen molar-refractivity contribution in [2.75, 3.05) is 4.90 Å². The first-order chi connectivity index (χ1) is 12.2. The number of nitrogens with two attached hydrogens (primary N) is 2. The Kier molecular flexibility index (Phi) is 4.48. The van der Waals surface area contributed by atoms with Crippen molar-refractivity contribution in [3.05, 3.63) is 28.3 Å². The minimum Gasteiger partial charge on any atom is -0.369 e. The zero-order valence-electron chi connectivity index (χ0n) is 13.6. The van der Waals surface area contributed by atoms with Crippen LogP contribution in [-0.2, 0) is 6.18 Å². The first-order valence-electron chi connectivity index (χ1n) is 7.98. The van der Waals surface area contributed by atoms with Gasteiger partial charge in [0.2, 0.25) is 11.9 Å². The molecule has 10 heteroatoms. The Morgan fingerprint density at radius 2 is 1.85 bits per heavy atom. The Morgan fingerprint density at radius 3 is 2.42 bits per heavy atom. The van der Waals surface area contributed by atoms with Crippen molar-refractivity contribution >= 4 is 29.2 Å². The normalized spacial score (nSPS) is 19.7. The van der Waals surface area contributed by atoms with E-state index in [1.165, 1.54) is 4.90 Å². The monoisotopic (exact) mass is 384 g/mol. The second-order valence-corrected chi connectivity index (χ2v) is 6.69. The summed E-state index contributed by atoms with van der Waals surface area (Å²) in [6, 6.07) is 3.32. The predicted octanol–water partition coefficient (Wildman–Crippen LogP) is 3.34. The van der Waals surface area contributed by atoms with Crippen LogP contribution in [0.25, 0.3) is 0 Å². The van der Waals surface area contributed by atoms with Gasteiger partial charge in [0, 0.05) is 0 Å². The van der Waals surface area contributed by atoms with Crippen LogP contribution in [0.5, 0.6) is 0 Å². The first kappa shape index (κ1) is 18.3. The number of alkyl halides is 3. The Balaban J connectivity index is 2.21. The Bertz CT molecular complexity index is 834. The van der Waals surface area contributed by atoms with Crippen molar-refractivity contribution in [2.24, 2.45) is 21.5 Å². The van der Waals surface area contributed by atoms with Crippen molar-refractivity contribution in [1.29, 1.82) is 5.26 Å². The number of anilines is 1. The number of halogens is 4. The third-order valence-electron chi connectivity index (χ3n) is 4.59. The molecular weight excluding hydrogens is 369 g/mol. The van der Waals surface area contributed by atoms with Crippen LogP contribution in [0.15, 0.2) is 22.1 Å². The van der Waals surface area contributed by atoms with E-state index in [0.29, 0.717) is 12.8 Å². The maximum atomic E-state index is 13.1. The third kappa shape index (κ3) is 3.05. The summed E-state index contributed by atoms with van der Waals surface area (Å²) in [7, 11) is 0. The average molecular weight is 385 g/mol. The van der Waals surface area contributed by atoms with Crippen LogP contribution >= 0.6 is 11.6 Å². The van der Waals surface area contributed by atoms with Gasteiger partial charge in [-0.1, -0.05) is 18.0 Å². The average Bonchev–Trinajstić information content (AvgIpc) is 2.55. The Labute approximate surface area is 152 Å². The Morgan fingerprint density at radius 1 is 1.19 bits per heavy atom. The smallest absolute Gasteiger partial charge is 0.369 e. The molecule has 1 aliphatic carbocycles. The van der Waals surface area contributed by atoms with Gasteiger partial charge >= 0.3 is 6.18 Å². The lowest BCUT2D eigenvalue weighted by Crippen LogP contribution is -2.58. The highest BCUT2D eigenvalue weighted by molar-refractivity contribution is 6.34. The largest absolute Gasteiger partial charge is 0.416 e. The fourth-order valence-corrected chi connectivity index (χ4v) is 3.82. The van der Waals surface area contributed by atoms with E-state index >= 15 is 0 Å². The number of rotatable bonds is 1. The number of guanidine groups is 2. The van der Waals surface area contributed by atoms with Gasteiger partial charge in [0.15, 0.2) is 0 Å². The molecule has 1 aromatic carbocycles. The molecule has 0 radical (unpaired) electrons. The molecular formula is C16H16ClF3N6. The van der Waals surface area contributed by atoms with Gasteiger partial charge in [-0.05, 0) is 37.8 Å². The van der Waals surface area contributed by atoms with Crippen molar-refractivity contribution < 1.29 is 13.2 Å². The molecule has 3 rings (SSSR count). The fourth-order valence-electron chi connectivity index (χ4n) is 3.52. The first-order valence-corrected chi connectivity index (χ1v) is 8.36. The lowest BCUT2D eigenvalue weighted by atomic mass is 9.87. The third-order valence-corrected chi connectivity index (χ3v) is 4.87. The summed E-state index contributed by atoms with van der Waals surface area (Å²) in [5.74, 6) is -0.0419. The topological polar surface area (TPSA) is 104 Å². The molecule has 0 bridgehead atoms. The van der Waals surface area contributed by atoms with Crippen molar-refractivity contribution in [1.82, 2.24) is 0 Å². The molecule has 6 nitrogen and oxygen atoms in total. The van der Waals surface area contributed by atoms with Crippen LogP contribution in [0.4, 0.5) is 18.9 Å². The molecule has 1 aliphatic heterocycles. The molecule has 138 valence electrons. The van der Waals surface area contributed by atoms with E-state index in [1.807, 2.05) is 0 Å². The van der Waals surface area contributed by atoms with E-state index in [1.54, 1.807) is 6.07 Å². The zero-order chi connectivity index (χ0) is 19.1. The van der Waals surface area contributed by atoms with Gasteiger partial charge in [-0.2, -0.15) is 23.4 Å². The molecule has 0 saturated heterocycles. The summed E-state index contributed by atoms with van der Waals surface area (Å²) < 4.78 is 39.2. The Hall–Kier alpha value is -2.47. The lowest BCUT2D eigenvalue weighted by molar-refractivity contribution is -0.137. The molecule has 0 unspecified atom stereocenters. The second-order valence-electron chi connectivity index (χ2n) is 6.28. The quantitative estimate of drug-likeness (QED) is 0.774. The zero-order valence-corrected chi connectivity index (χ0v) is 14.4. The van der Waals surface area contributed by atoms with Crippen LogP contribution < -0.4 is 16.4 Å². The number of hydrogen-bond acceptors (Lipinski definition) is 6. The highest BCUT2D eigenvalue weighted by atomic mass is 35.5. The number of nitriles is 1. The van der Waals surface area contributed by atoms with Crippen molar-refractivity contribution in [2.45, 2.75) is 43.9 Å². The summed E-state index contributed by atoms with van der Waals surface area (Å²) in [5.41, 5.74) is 9.74. The van der Waals surface area contributed by atoms with Crippen LogP contribution in [-0.4, -0.2) is 17.6 Å². The van der Waals surface area contributed by atoms with Crippen LogP contribution in [0, 0.1) is 11.3 Å². The molecule has 0 atom stereocenters. The SMILES string of the molecule is N#Cc1cc(C(F)(F)F)cc(Cl)c1N1C(N)=NC(N)=NC12CCCCC2. The van der Waals surface area contributed by atoms with Crippen molar-refractivity contribution in [3.63, 3.8) is 0 Å². The van der Waals surface area contributed by atoms with Gasteiger partial charge in [-0.3, -0.25) is 4.90 Å². The molecule has 26 heavy (non-hydrogen) atoms. The van der Waals surface area contributed by atoms with Gasteiger partial charge in [-0.15, -0.1) is 0 Å². The van der Waals surface area contributed by atoms with E-state index in [2.05, 4.69) is 9.98 Å². The molecule has 1 aromatic rings. The molecule has 1 spiro atoms. The highest BCUT2D eigenvalue weighted by Crippen LogP contribution is 2.44. The van der Waals surface area contributed by atoms with Gasteiger partial charge in [0.25, 0.3) is 0 Å². The summed E-state index contributed by atoms with van der Waals surface area (Å²) in [6.45, 7) is 0. The molecule has 0 amide bonds. The molecule has 1 fully saturated rings. The number of aliphatic imine (C=N–C) groups is 2. The number of nitrogens with zero attached hydrogens (tertiary/aromatic N) is 4. The second kappa shape index (κ2) is 6.36. The number of benzene rings is 1. The van der Waals surface area contributed by atoms with Crippen LogP contribution in [0.3, 0.4) is 0 Å². The summed E-state index contributed by atoms with van der Waals surface area (Å²) in [5, 5.41) is 9.20. The lowest BCUT2D eigenvalue weighted by Gasteiger charge is -2.46. The highest BCUT2D eigenvalue weighted by Gasteiger charge is 2.45. The standard InChI is InChI=1S/C16H16ClF3N6/c17-11-7-10(16(18,19)20)6-9(8-21)12(11)26-14(23)24-13(22)25-15(26)4-2-1-3-5-15/h6-7H,1-5H2,(H4,22,23,24,25). The summed E-state index contributed by atoms with van der Waals surface area (Å²) in [4.78, 5) is 9.83. The molecule has 1 saturated carbocycles. The molecule has 0 aromatic heterocycles.